The molecule has 0 spiro atoms. The van der Waals surface area contributed by atoms with Gasteiger partial charge in [0.05, 0.1) is 0 Å². The third-order valence-electron chi connectivity index (χ3n) is 10.5. The topological polar surface area (TPSA) is 88.1 Å². The Labute approximate surface area is 457 Å². The number of ether oxygens (including phenoxy) is 4. The van der Waals surface area contributed by atoms with E-state index in [4.69, 9.17) is 18.9 Å². The first-order valence-electron chi connectivity index (χ1n) is 23.0. The van der Waals surface area contributed by atoms with Crippen LogP contribution in [-0.2, 0) is 48.5 Å². The van der Waals surface area contributed by atoms with E-state index >= 15 is 0 Å². The maximum Gasteiger partial charge on any atom is 2.00 e. The fraction of sp³-hybridized carbons (Fsp3) is 0.694. The third-order valence-corrected chi connectivity index (χ3v) is 10.5. The maximum absolute atomic E-state index is 12.3. The van der Waals surface area contributed by atoms with Crippen molar-refractivity contribution in [3.05, 3.63) is 48.5 Å². The average Bonchev–Trinajstić information content (AvgIpc) is 3.19. The van der Waals surface area contributed by atoms with Crippen LogP contribution in [0.3, 0.4) is 0 Å². The Morgan fingerprint density at radius 3 is 0.733 bits per heavy atom. The summed E-state index contributed by atoms with van der Waals surface area (Å²) in [5, 5.41) is 0. The summed E-state index contributed by atoms with van der Waals surface area (Å²) in [5.41, 5.74) is 0. The Kier molecular flexibility index (Phi) is 51.1. The molecule has 0 aliphatic rings. The number of unbranched alkanes of at least 4 members (excludes halogenated alkanes) is 28. The van der Waals surface area contributed by atoms with Gasteiger partial charge in [0.15, 0.2) is 0 Å². The van der Waals surface area contributed by atoms with Crippen LogP contribution in [0.4, 0.5) is 4.79 Å². The Balaban J connectivity index is -0.000000812. The molecule has 0 radical (unpaired) electrons. The molecular formula is C49H82Ca2O7Zn2. The molecule has 0 aliphatic carbocycles. The standard InChI is InChI=1S/C49H78O7.2Ca.2Zn.4H/c1-3-5-7-9-11-13-15-17-19-21-23-25-27-29-31-33-47(50)53-43-35-39-45(40-36-43)55-49(52)56-46-41-37-44(38-42-46)54-48(51)34-32-30-28-26-24-22-20-18-16-14-12-10-8-6-4-2;;;;;;;;/h35-42H,3-34H2,1-2H3;;;;;;;;/q;2*+2;;;4*-1. The van der Waals surface area contributed by atoms with Crippen molar-refractivity contribution in [2.45, 2.75) is 219 Å². The first-order chi connectivity index (χ1) is 27.5. The van der Waals surface area contributed by atoms with Gasteiger partial charge in [0.25, 0.3) is 0 Å². The van der Waals surface area contributed by atoms with Gasteiger partial charge in [-0.1, -0.05) is 194 Å². The number of benzene rings is 2. The van der Waals surface area contributed by atoms with E-state index in [0.29, 0.717) is 24.3 Å². The summed E-state index contributed by atoms with van der Waals surface area (Å²) in [6.45, 7) is 4.53. The van der Waals surface area contributed by atoms with Crippen LogP contribution >= 0.6 is 0 Å². The summed E-state index contributed by atoms with van der Waals surface area (Å²) in [6, 6.07) is 12.6. The number of carbonyl (C=O) groups is 3. The fourth-order valence-corrected chi connectivity index (χ4v) is 7.01. The first-order valence-corrected chi connectivity index (χ1v) is 23.0. The van der Waals surface area contributed by atoms with Crippen LogP contribution in [0.25, 0.3) is 0 Å². The van der Waals surface area contributed by atoms with E-state index in [-0.39, 0.29) is 144 Å². The van der Waals surface area contributed by atoms with Crippen molar-refractivity contribution < 1.29 is 78.0 Å². The fourth-order valence-electron chi connectivity index (χ4n) is 7.01. The van der Waals surface area contributed by atoms with E-state index in [9.17, 15) is 14.4 Å². The number of hydrogen-bond donors (Lipinski definition) is 0. The Morgan fingerprint density at radius 1 is 0.333 bits per heavy atom. The van der Waals surface area contributed by atoms with Gasteiger partial charge in [0.2, 0.25) is 0 Å². The van der Waals surface area contributed by atoms with Crippen molar-refractivity contribution in [1.82, 2.24) is 0 Å². The van der Waals surface area contributed by atoms with Gasteiger partial charge in [0.1, 0.15) is 23.0 Å². The van der Waals surface area contributed by atoms with Gasteiger partial charge in [-0.05, 0) is 61.4 Å². The molecule has 328 valence electrons. The zero-order valence-corrected chi connectivity index (χ0v) is 48.8. The quantitative estimate of drug-likeness (QED) is 0.0221. The van der Waals surface area contributed by atoms with Crippen molar-refractivity contribution in [2.75, 3.05) is 0 Å². The van der Waals surface area contributed by atoms with E-state index in [0.717, 1.165) is 38.5 Å². The zero-order valence-electron chi connectivity index (χ0n) is 42.4. The number of hydrogen-bond acceptors (Lipinski definition) is 7. The van der Waals surface area contributed by atoms with Crippen LogP contribution in [0.5, 0.6) is 23.0 Å². The molecule has 2 rings (SSSR count). The van der Waals surface area contributed by atoms with Gasteiger partial charge in [-0.2, -0.15) is 0 Å². The molecule has 2 aromatic carbocycles. The van der Waals surface area contributed by atoms with Gasteiger partial charge in [-0.15, -0.1) is 0 Å². The van der Waals surface area contributed by atoms with E-state index in [1.165, 1.54) is 154 Å². The number of esters is 2. The number of rotatable bonds is 36. The second-order valence-electron chi connectivity index (χ2n) is 15.7. The predicted octanol–water partition coefficient (Wildman–Crippen LogP) is 15.3. The van der Waals surface area contributed by atoms with E-state index in [1.807, 2.05) is 0 Å². The summed E-state index contributed by atoms with van der Waals surface area (Å²) in [5.74, 6) is 0.824. The van der Waals surface area contributed by atoms with Crippen molar-refractivity contribution in [3.63, 3.8) is 0 Å². The molecule has 0 unspecified atom stereocenters. The molecule has 0 saturated carbocycles. The molecule has 7 nitrogen and oxygen atoms in total. The van der Waals surface area contributed by atoms with E-state index in [2.05, 4.69) is 13.8 Å². The van der Waals surface area contributed by atoms with Gasteiger partial charge in [-0.25, -0.2) is 4.79 Å². The number of carbonyl (C=O) groups excluding carboxylic acids is 3. The van der Waals surface area contributed by atoms with Crippen molar-refractivity contribution in [2.24, 2.45) is 0 Å². The summed E-state index contributed by atoms with van der Waals surface area (Å²) >= 11 is 0. The van der Waals surface area contributed by atoms with Crippen LogP contribution in [-0.4, -0.2) is 93.6 Å². The Morgan fingerprint density at radius 2 is 0.517 bits per heavy atom. The predicted molar refractivity (Wildman–Crippen MR) is 246 cm³/mol. The molecule has 0 heterocycles. The summed E-state index contributed by atoms with van der Waals surface area (Å²) in [4.78, 5) is 36.9. The molecular weight excluding hydrogens is 911 g/mol. The second kappa shape index (κ2) is 47.4. The van der Waals surface area contributed by atoms with Gasteiger partial charge in [0, 0.05) is 51.8 Å². The molecule has 0 atom stereocenters. The second-order valence-corrected chi connectivity index (χ2v) is 15.7. The molecule has 0 bridgehead atoms. The minimum Gasteiger partial charge on any atom is -1.00 e. The van der Waals surface area contributed by atoms with Crippen molar-refractivity contribution in [3.8, 4) is 23.0 Å². The normalized spacial score (nSPS) is 10.3. The van der Waals surface area contributed by atoms with Crippen molar-refractivity contribution in [1.29, 1.82) is 0 Å². The molecule has 0 amide bonds. The largest absolute Gasteiger partial charge is 2.00 e. The molecule has 0 aliphatic heterocycles. The minimum atomic E-state index is -0.902. The van der Waals surface area contributed by atoms with Gasteiger partial charge >= 0.3 is 93.6 Å². The molecule has 11 heteroatoms. The van der Waals surface area contributed by atoms with Crippen LogP contribution in [0, 0.1) is 0 Å². The van der Waals surface area contributed by atoms with Crippen LogP contribution in [0.15, 0.2) is 48.5 Å². The Hall–Kier alpha value is 0.416. The van der Waals surface area contributed by atoms with Crippen LogP contribution < -0.4 is 18.9 Å². The zero-order chi connectivity index (χ0) is 40.2. The Bertz CT molecular complexity index is 1190. The molecule has 0 fully saturated rings. The first kappa shape index (κ1) is 64.7. The van der Waals surface area contributed by atoms with Crippen LogP contribution in [0.2, 0.25) is 0 Å². The summed E-state index contributed by atoms with van der Waals surface area (Å²) < 4.78 is 21.4. The SMILES string of the molecule is CCCCCCCCCCCCCCCCCC(=O)Oc1ccc(OC(=O)Oc2ccc(OC(=O)CCCCCCCCCCCCCCCCC)cc2)cc1.[Ca+2].[Ca+2].[H-].[H-].[H-].[H-].[Zn].[Zn]. The van der Waals surface area contributed by atoms with Crippen molar-refractivity contribution >= 4 is 93.6 Å². The molecule has 0 aromatic heterocycles. The summed E-state index contributed by atoms with van der Waals surface area (Å²) in [7, 11) is 0. The minimum absolute atomic E-state index is 0. The maximum atomic E-state index is 12.3. The van der Waals surface area contributed by atoms with E-state index < -0.39 is 6.16 Å². The third kappa shape index (κ3) is 38.8. The van der Waals surface area contributed by atoms with E-state index in [1.54, 1.807) is 48.5 Å². The smallest absolute Gasteiger partial charge is 1.00 e. The molecule has 60 heavy (non-hydrogen) atoms. The monoisotopic (exact) mass is 990 g/mol. The van der Waals surface area contributed by atoms with Gasteiger partial charge < -0.3 is 24.7 Å². The van der Waals surface area contributed by atoms with Gasteiger partial charge in [-0.3, -0.25) is 9.59 Å². The molecule has 0 N–H and O–H groups in total. The summed E-state index contributed by atoms with van der Waals surface area (Å²) in [6.07, 6.45) is 38.4. The molecule has 0 saturated heterocycles. The molecule has 2 aromatic rings. The van der Waals surface area contributed by atoms with Crippen LogP contribution in [0.1, 0.15) is 225 Å². The average molecular weight is 994 g/mol.